The molecule has 0 radical (unpaired) electrons. The van der Waals surface area contributed by atoms with Gasteiger partial charge in [-0.15, -0.1) is 0 Å². The topological polar surface area (TPSA) is 52.7 Å². The van der Waals surface area contributed by atoms with Crippen LogP contribution in [0.3, 0.4) is 0 Å². The lowest BCUT2D eigenvalue weighted by Crippen LogP contribution is -2.44. The fraction of sp³-hybridized carbons (Fsp3) is 0.391. The van der Waals surface area contributed by atoms with E-state index in [1.165, 1.54) is 0 Å². The molecule has 0 bridgehead atoms. The van der Waals surface area contributed by atoms with Gasteiger partial charge in [-0.05, 0) is 48.9 Å². The molecule has 2 fully saturated rings. The van der Waals surface area contributed by atoms with Crippen LogP contribution in [0.5, 0.6) is 0 Å². The van der Waals surface area contributed by atoms with Gasteiger partial charge in [-0.3, -0.25) is 4.79 Å². The summed E-state index contributed by atoms with van der Waals surface area (Å²) in [5.74, 6) is 0.474. The lowest BCUT2D eigenvalue weighted by atomic mass is 9.96. The molecule has 29 heavy (non-hydrogen) atoms. The van der Waals surface area contributed by atoms with Gasteiger partial charge in [0, 0.05) is 42.8 Å². The molecule has 2 aromatic rings. The van der Waals surface area contributed by atoms with Crippen LogP contribution in [0.2, 0.25) is 5.02 Å². The molecule has 4 rings (SSSR count). The van der Waals surface area contributed by atoms with Crippen molar-refractivity contribution in [2.75, 3.05) is 19.6 Å². The molecule has 2 atom stereocenters. The zero-order valence-electron chi connectivity index (χ0n) is 16.4. The van der Waals surface area contributed by atoms with E-state index < -0.39 is 0 Å². The number of likely N-dealkylation sites (tertiary alicyclic amines) is 2. The minimum absolute atomic E-state index is 0.00373. The Morgan fingerprint density at radius 3 is 2.52 bits per heavy atom. The molecule has 2 heterocycles. The van der Waals surface area contributed by atoms with Crippen molar-refractivity contribution in [3.63, 3.8) is 0 Å². The van der Waals surface area contributed by atoms with Gasteiger partial charge in [-0.1, -0.05) is 48.0 Å². The summed E-state index contributed by atoms with van der Waals surface area (Å²) in [5, 5.41) is 3.63. The first kappa shape index (κ1) is 19.8. The first-order valence-electron chi connectivity index (χ1n) is 10.2. The van der Waals surface area contributed by atoms with Gasteiger partial charge >= 0.3 is 6.03 Å². The Labute approximate surface area is 176 Å². The van der Waals surface area contributed by atoms with E-state index >= 15 is 0 Å². The van der Waals surface area contributed by atoms with Crippen LogP contribution in [0, 0.1) is 5.92 Å². The first-order chi connectivity index (χ1) is 14.1. The monoisotopic (exact) mass is 411 g/mol. The van der Waals surface area contributed by atoms with Crippen molar-refractivity contribution in [1.82, 2.24) is 15.1 Å². The number of carbonyl (C=O) groups excluding carboxylic acids is 2. The van der Waals surface area contributed by atoms with E-state index in [2.05, 4.69) is 5.32 Å². The van der Waals surface area contributed by atoms with E-state index in [1.54, 1.807) is 18.2 Å². The fourth-order valence-corrected chi connectivity index (χ4v) is 4.69. The standard InChI is InChI=1S/C23H26ClN3O2/c24-20-8-4-7-19(15-20)22(28)26-12-9-18-10-14-27(21(18)11-13-26)23(29)25-16-17-5-2-1-3-6-17/h1-8,15,18,21H,9-14,16H2,(H,25,29). The summed E-state index contributed by atoms with van der Waals surface area (Å²) < 4.78 is 0. The van der Waals surface area contributed by atoms with Crippen molar-refractivity contribution in [1.29, 1.82) is 0 Å². The maximum absolute atomic E-state index is 12.9. The van der Waals surface area contributed by atoms with Gasteiger partial charge in [0.2, 0.25) is 0 Å². The molecule has 2 unspecified atom stereocenters. The maximum Gasteiger partial charge on any atom is 0.317 e. The van der Waals surface area contributed by atoms with Crippen LogP contribution >= 0.6 is 11.6 Å². The van der Waals surface area contributed by atoms with Crippen LogP contribution in [0.15, 0.2) is 54.6 Å². The Morgan fingerprint density at radius 1 is 0.966 bits per heavy atom. The summed E-state index contributed by atoms with van der Waals surface area (Å²) in [7, 11) is 0. The zero-order chi connectivity index (χ0) is 20.2. The predicted molar refractivity (Wildman–Crippen MR) is 114 cm³/mol. The van der Waals surface area contributed by atoms with Gasteiger partial charge in [0.05, 0.1) is 0 Å². The number of fused-ring (bicyclic) bond motifs is 1. The van der Waals surface area contributed by atoms with Gasteiger partial charge in [0.15, 0.2) is 0 Å². The second-order valence-electron chi connectivity index (χ2n) is 7.83. The van der Waals surface area contributed by atoms with Gasteiger partial charge < -0.3 is 15.1 Å². The largest absolute Gasteiger partial charge is 0.339 e. The molecule has 0 spiro atoms. The molecule has 3 amide bonds. The van der Waals surface area contributed by atoms with E-state index in [0.29, 0.717) is 29.6 Å². The van der Waals surface area contributed by atoms with E-state index in [0.717, 1.165) is 37.9 Å². The fourth-order valence-electron chi connectivity index (χ4n) is 4.50. The second-order valence-corrected chi connectivity index (χ2v) is 8.27. The summed E-state index contributed by atoms with van der Waals surface area (Å²) >= 11 is 6.04. The van der Waals surface area contributed by atoms with E-state index in [9.17, 15) is 9.59 Å². The Kier molecular flexibility index (Phi) is 6.05. The van der Waals surface area contributed by atoms with Crippen molar-refractivity contribution in [2.24, 2.45) is 5.92 Å². The van der Waals surface area contributed by atoms with E-state index in [1.807, 2.05) is 46.2 Å². The van der Waals surface area contributed by atoms with Gasteiger partial charge in [-0.25, -0.2) is 4.79 Å². The molecular formula is C23H26ClN3O2. The average Bonchev–Trinajstić information content (AvgIpc) is 3.04. The number of benzene rings is 2. The molecule has 0 aromatic heterocycles. The summed E-state index contributed by atoms with van der Waals surface area (Å²) in [6, 6.07) is 17.3. The summed E-state index contributed by atoms with van der Waals surface area (Å²) in [5.41, 5.74) is 1.72. The highest BCUT2D eigenvalue weighted by Crippen LogP contribution is 2.32. The molecule has 5 nitrogen and oxygen atoms in total. The number of rotatable bonds is 3. The molecular weight excluding hydrogens is 386 g/mol. The minimum atomic E-state index is -0.00373. The van der Waals surface area contributed by atoms with Crippen molar-refractivity contribution >= 4 is 23.5 Å². The van der Waals surface area contributed by atoms with Crippen molar-refractivity contribution in [2.45, 2.75) is 31.8 Å². The highest BCUT2D eigenvalue weighted by Gasteiger charge is 2.39. The summed E-state index contributed by atoms with van der Waals surface area (Å²) in [6.07, 6.45) is 2.75. The lowest BCUT2D eigenvalue weighted by molar-refractivity contribution is 0.0757. The molecule has 2 aromatic carbocycles. The second kappa shape index (κ2) is 8.87. The number of hydrogen-bond donors (Lipinski definition) is 1. The molecule has 0 saturated carbocycles. The predicted octanol–water partition coefficient (Wildman–Crippen LogP) is 4.18. The normalized spacial score (nSPS) is 21.4. The van der Waals surface area contributed by atoms with Gasteiger partial charge in [0.25, 0.3) is 5.91 Å². The van der Waals surface area contributed by atoms with Gasteiger partial charge in [-0.2, -0.15) is 0 Å². The van der Waals surface area contributed by atoms with E-state index in [4.69, 9.17) is 11.6 Å². The maximum atomic E-state index is 12.9. The zero-order valence-corrected chi connectivity index (χ0v) is 17.1. The van der Waals surface area contributed by atoms with Crippen LogP contribution in [0.1, 0.15) is 35.2 Å². The highest BCUT2D eigenvalue weighted by atomic mass is 35.5. The van der Waals surface area contributed by atoms with Crippen LogP contribution in [0.25, 0.3) is 0 Å². The highest BCUT2D eigenvalue weighted by molar-refractivity contribution is 6.30. The van der Waals surface area contributed by atoms with Crippen molar-refractivity contribution < 1.29 is 9.59 Å². The molecule has 2 aliphatic rings. The van der Waals surface area contributed by atoms with Crippen LogP contribution in [-0.2, 0) is 6.54 Å². The number of nitrogens with zero attached hydrogens (tertiary/aromatic N) is 2. The Hall–Kier alpha value is -2.53. The Morgan fingerprint density at radius 2 is 1.72 bits per heavy atom. The summed E-state index contributed by atoms with van der Waals surface area (Å²) in [6.45, 7) is 2.71. The van der Waals surface area contributed by atoms with Crippen LogP contribution in [0.4, 0.5) is 4.79 Å². The SMILES string of the molecule is O=C(c1cccc(Cl)c1)N1CCC2CCN(C(=O)NCc3ccccc3)C2CC1. The molecule has 0 aliphatic carbocycles. The Balaban J connectivity index is 1.37. The number of carbonyl (C=O) groups is 2. The third-order valence-corrected chi connectivity index (χ3v) is 6.29. The molecule has 2 aliphatic heterocycles. The van der Waals surface area contributed by atoms with Crippen molar-refractivity contribution in [3.8, 4) is 0 Å². The molecule has 6 heteroatoms. The quantitative estimate of drug-likeness (QED) is 0.823. The molecule has 152 valence electrons. The molecule has 1 N–H and O–H groups in total. The minimum Gasteiger partial charge on any atom is -0.339 e. The van der Waals surface area contributed by atoms with E-state index in [-0.39, 0.29) is 18.0 Å². The summed E-state index contributed by atoms with van der Waals surface area (Å²) in [4.78, 5) is 29.5. The first-order valence-corrected chi connectivity index (χ1v) is 10.6. The number of hydrogen-bond acceptors (Lipinski definition) is 2. The number of nitrogens with one attached hydrogen (secondary N) is 1. The number of urea groups is 1. The molecule has 2 saturated heterocycles. The lowest BCUT2D eigenvalue weighted by Gasteiger charge is -2.27. The smallest absolute Gasteiger partial charge is 0.317 e. The third-order valence-electron chi connectivity index (χ3n) is 6.06. The third kappa shape index (κ3) is 4.56. The number of halogens is 1. The van der Waals surface area contributed by atoms with Crippen LogP contribution < -0.4 is 5.32 Å². The average molecular weight is 412 g/mol. The van der Waals surface area contributed by atoms with Crippen molar-refractivity contribution in [3.05, 3.63) is 70.7 Å². The van der Waals surface area contributed by atoms with Gasteiger partial charge in [0.1, 0.15) is 0 Å². The number of amides is 3. The van der Waals surface area contributed by atoms with Crippen LogP contribution in [-0.4, -0.2) is 47.4 Å². The Bertz CT molecular complexity index is 873.